The van der Waals surface area contributed by atoms with Crippen LogP contribution in [0.4, 0.5) is 20.7 Å². The lowest BCUT2D eigenvalue weighted by Crippen LogP contribution is -2.36. The average molecular weight is 528 g/mol. The van der Waals surface area contributed by atoms with Crippen LogP contribution in [0.5, 0.6) is 5.75 Å². The van der Waals surface area contributed by atoms with Crippen molar-refractivity contribution < 1.29 is 22.8 Å². The van der Waals surface area contributed by atoms with Crippen molar-refractivity contribution in [1.82, 2.24) is 20.1 Å². The lowest BCUT2D eigenvalue weighted by Gasteiger charge is -2.30. The van der Waals surface area contributed by atoms with Crippen LogP contribution in [0.2, 0.25) is 0 Å². The van der Waals surface area contributed by atoms with Gasteiger partial charge >= 0.3 is 0 Å². The largest absolute Gasteiger partial charge is 0.490 e. The first-order chi connectivity index (χ1) is 18.5. The number of anilines is 2. The fourth-order valence-electron chi connectivity index (χ4n) is 5.44. The fraction of sp³-hybridized carbons (Fsp3) is 0.538. The van der Waals surface area contributed by atoms with Crippen LogP contribution < -0.4 is 20.3 Å². The maximum absolute atomic E-state index is 14.3. The van der Waals surface area contributed by atoms with Gasteiger partial charge in [0.15, 0.2) is 5.75 Å². The smallest absolute Gasteiger partial charge is 0.266 e. The zero-order chi connectivity index (χ0) is 26.1. The Labute approximate surface area is 219 Å². The molecule has 3 fully saturated rings. The number of nitrogens with two attached hydrogens (primary N) is 1. The molecule has 0 aliphatic carbocycles. The molecule has 3 saturated heterocycles. The molecule has 6 rings (SSSR count). The van der Waals surface area contributed by atoms with E-state index in [9.17, 15) is 8.78 Å². The predicted octanol–water partition coefficient (Wildman–Crippen LogP) is 3.22. The van der Waals surface area contributed by atoms with Gasteiger partial charge in [0, 0.05) is 44.7 Å². The molecule has 0 radical (unpaired) electrons. The fourth-order valence-corrected chi connectivity index (χ4v) is 5.44. The number of hydrogen-bond acceptors (Lipinski definition) is 10. The third-order valence-electron chi connectivity index (χ3n) is 7.64. The van der Waals surface area contributed by atoms with Crippen LogP contribution in [0.25, 0.3) is 0 Å². The van der Waals surface area contributed by atoms with Crippen LogP contribution in [0.1, 0.15) is 49.2 Å². The van der Waals surface area contributed by atoms with E-state index in [1.165, 1.54) is 6.07 Å². The van der Waals surface area contributed by atoms with Gasteiger partial charge in [-0.2, -0.15) is 4.98 Å². The molecule has 5 heterocycles. The SMILES string of the molecule is N[C@H]1CN(c2ncc(OCC3CCN(c4noc([C@@H]5CCCO5)n4)CC3)cn2)C[C@@H]1c1cc(F)ccc1F. The van der Waals surface area contributed by atoms with Crippen LogP contribution in [0.3, 0.4) is 0 Å². The van der Waals surface area contributed by atoms with Gasteiger partial charge in [-0.1, -0.05) is 0 Å². The molecule has 2 aromatic heterocycles. The van der Waals surface area contributed by atoms with Crippen molar-refractivity contribution in [2.45, 2.75) is 43.7 Å². The Morgan fingerprint density at radius 2 is 1.84 bits per heavy atom. The number of piperidine rings is 1. The molecule has 3 aliphatic rings. The highest BCUT2D eigenvalue weighted by atomic mass is 19.1. The van der Waals surface area contributed by atoms with Crippen molar-refractivity contribution in [1.29, 1.82) is 0 Å². The van der Waals surface area contributed by atoms with E-state index >= 15 is 0 Å². The van der Waals surface area contributed by atoms with E-state index in [0.717, 1.165) is 57.5 Å². The third kappa shape index (κ3) is 5.28. The standard InChI is InChI=1S/C26H31F2N7O3/c27-17-3-4-21(28)19(10-17)20-13-35(14-22(20)29)25-30-11-18(12-31-25)37-15-16-5-7-34(8-6-16)26-32-24(38-33-26)23-2-1-9-36-23/h3-4,10-12,16,20,22-23H,1-2,5-9,13-15,29H2/t20-,22+,23+/m1/s1. The average Bonchev–Trinajstić information content (AvgIpc) is 3.71. The quantitative estimate of drug-likeness (QED) is 0.491. The van der Waals surface area contributed by atoms with E-state index in [-0.39, 0.29) is 23.6 Å². The Morgan fingerprint density at radius 1 is 1.03 bits per heavy atom. The summed E-state index contributed by atoms with van der Waals surface area (Å²) in [7, 11) is 0. The molecule has 0 amide bonds. The van der Waals surface area contributed by atoms with Crippen molar-refractivity contribution in [3.63, 3.8) is 0 Å². The molecule has 202 valence electrons. The highest BCUT2D eigenvalue weighted by Gasteiger charge is 2.34. The maximum Gasteiger partial charge on any atom is 0.266 e. The third-order valence-corrected chi connectivity index (χ3v) is 7.64. The van der Waals surface area contributed by atoms with E-state index in [1.54, 1.807) is 12.4 Å². The summed E-state index contributed by atoms with van der Waals surface area (Å²) in [6, 6.07) is 3.11. The number of aromatic nitrogens is 4. The van der Waals surface area contributed by atoms with Gasteiger partial charge in [0.05, 0.1) is 19.0 Å². The molecular weight excluding hydrogens is 496 g/mol. The number of halogens is 2. The Hall–Kier alpha value is -3.38. The number of hydrogen-bond donors (Lipinski definition) is 1. The minimum Gasteiger partial charge on any atom is -0.490 e. The summed E-state index contributed by atoms with van der Waals surface area (Å²) >= 11 is 0. The Kier molecular flexibility index (Phi) is 7.07. The van der Waals surface area contributed by atoms with E-state index in [0.29, 0.717) is 49.2 Å². The van der Waals surface area contributed by atoms with Gasteiger partial charge in [0.25, 0.3) is 11.8 Å². The first-order valence-electron chi connectivity index (χ1n) is 13.1. The van der Waals surface area contributed by atoms with Crippen molar-refractivity contribution >= 4 is 11.9 Å². The van der Waals surface area contributed by atoms with E-state index in [1.807, 2.05) is 4.90 Å². The molecule has 2 N–H and O–H groups in total. The maximum atomic E-state index is 14.3. The van der Waals surface area contributed by atoms with Gasteiger partial charge in [0.1, 0.15) is 17.7 Å². The topological polar surface area (TPSA) is 116 Å². The molecule has 0 spiro atoms. The summed E-state index contributed by atoms with van der Waals surface area (Å²) in [6.45, 7) is 3.84. The summed E-state index contributed by atoms with van der Waals surface area (Å²) in [5.41, 5.74) is 6.55. The van der Waals surface area contributed by atoms with Gasteiger partial charge in [-0.25, -0.2) is 18.7 Å². The molecule has 0 bridgehead atoms. The monoisotopic (exact) mass is 527 g/mol. The first-order valence-corrected chi connectivity index (χ1v) is 13.1. The zero-order valence-electron chi connectivity index (χ0n) is 21.0. The molecule has 0 unspecified atom stereocenters. The minimum absolute atomic E-state index is 0.0733. The van der Waals surface area contributed by atoms with Crippen LogP contribution in [0, 0.1) is 17.6 Å². The van der Waals surface area contributed by atoms with Gasteiger partial charge in [-0.15, -0.1) is 0 Å². The Balaban J connectivity index is 0.982. The number of benzene rings is 1. The number of nitrogens with zero attached hydrogens (tertiary/aromatic N) is 6. The van der Waals surface area contributed by atoms with Crippen LogP contribution in [0.15, 0.2) is 35.1 Å². The van der Waals surface area contributed by atoms with Crippen LogP contribution in [-0.2, 0) is 4.74 Å². The van der Waals surface area contributed by atoms with Crippen molar-refractivity contribution in [2.75, 3.05) is 49.2 Å². The molecule has 1 aromatic carbocycles. The Bertz CT molecular complexity index is 1230. The van der Waals surface area contributed by atoms with Gasteiger partial charge < -0.3 is 29.5 Å². The van der Waals surface area contributed by atoms with E-state index < -0.39 is 11.6 Å². The second-order valence-corrected chi connectivity index (χ2v) is 10.2. The van der Waals surface area contributed by atoms with E-state index in [2.05, 4.69) is 25.0 Å². The molecule has 12 heteroatoms. The second-order valence-electron chi connectivity index (χ2n) is 10.2. The lowest BCUT2D eigenvalue weighted by molar-refractivity contribution is 0.0835. The van der Waals surface area contributed by atoms with Crippen molar-refractivity contribution in [2.24, 2.45) is 11.7 Å². The zero-order valence-corrected chi connectivity index (χ0v) is 21.0. The minimum atomic E-state index is -0.478. The summed E-state index contributed by atoms with van der Waals surface area (Å²) in [5, 5.41) is 4.14. The second kappa shape index (κ2) is 10.8. The molecule has 10 nitrogen and oxygen atoms in total. The highest BCUT2D eigenvalue weighted by molar-refractivity contribution is 5.39. The molecule has 0 saturated carbocycles. The number of rotatable bonds is 7. The summed E-state index contributed by atoms with van der Waals surface area (Å²) < 4.78 is 45.0. The summed E-state index contributed by atoms with van der Waals surface area (Å²) in [6.07, 6.45) is 7.06. The summed E-state index contributed by atoms with van der Waals surface area (Å²) in [5.74, 6) is 1.40. The van der Waals surface area contributed by atoms with Crippen LogP contribution in [-0.4, -0.2) is 65.5 Å². The van der Waals surface area contributed by atoms with Gasteiger partial charge in [-0.3, -0.25) is 0 Å². The van der Waals surface area contributed by atoms with Gasteiger partial charge in [-0.05, 0) is 60.5 Å². The number of ether oxygens (including phenoxy) is 2. The summed E-state index contributed by atoms with van der Waals surface area (Å²) in [4.78, 5) is 17.4. The van der Waals surface area contributed by atoms with Crippen molar-refractivity contribution in [3.05, 3.63) is 53.7 Å². The predicted molar refractivity (Wildman–Crippen MR) is 134 cm³/mol. The molecule has 3 aliphatic heterocycles. The van der Waals surface area contributed by atoms with Crippen molar-refractivity contribution in [3.8, 4) is 5.75 Å². The van der Waals surface area contributed by atoms with Gasteiger partial charge in [0.2, 0.25) is 5.95 Å². The van der Waals surface area contributed by atoms with E-state index in [4.69, 9.17) is 19.7 Å². The lowest BCUT2D eigenvalue weighted by atomic mass is 9.94. The Morgan fingerprint density at radius 3 is 2.61 bits per heavy atom. The molecular formula is C26H31F2N7O3. The first kappa shape index (κ1) is 24.9. The molecule has 3 aromatic rings. The molecule has 38 heavy (non-hydrogen) atoms. The molecule has 3 atom stereocenters. The normalized spacial score (nSPS) is 24.3. The highest BCUT2D eigenvalue weighted by Crippen LogP contribution is 2.32. The van der Waals surface area contributed by atoms with Crippen LogP contribution >= 0.6 is 0 Å².